The summed E-state index contributed by atoms with van der Waals surface area (Å²) in [7, 11) is 2.15. The molecule has 7 heteroatoms. The molecule has 2 aromatic rings. The normalized spacial score (nSPS) is 20.6. The lowest BCUT2D eigenvalue weighted by atomic mass is 10.1. The molecule has 0 aliphatic carbocycles. The molecule has 2 saturated heterocycles. The number of hydrogen-bond donors (Lipinski definition) is 0. The van der Waals surface area contributed by atoms with Crippen molar-refractivity contribution in [2.45, 2.75) is 5.50 Å². The molecular formula is C23H25Cl2N3OS. The van der Waals surface area contributed by atoms with Crippen LogP contribution >= 0.6 is 35.0 Å². The first-order valence-electron chi connectivity index (χ1n) is 10.1. The summed E-state index contributed by atoms with van der Waals surface area (Å²) in [5.41, 5.74) is 2.43. The van der Waals surface area contributed by atoms with Gasteiger partial charge in [-0.25, -0.2) is 0 Å². The van der Waals surface area contributed by atoms with Gasteiger partial charge in [-0.05, 0) is 30.8 Å². The van der Waals surface area contributed by atoms with Crippen LogP contribution in [0.1, 0.15) is 16.6 Å². The summed E-state index contributed by atoms with van der Waals surface area (Å²) in [5, 5.41) is 0.578. The van der Waals surface area contributed by atoms with Gasteiger partial charge >= 0.3 is 0 Å². The van der Waals surface area contributed by atoms with Gasteiger partial charge in [0.1, 0.15) is 5.50 Å². The van der Waals surface area contributed by atoms with Gasteiger partial charge in [-0.3, -0.25) is 4.79 Å². The average Bonchev–Trinajstić information content (AvgIpc) is 2.76. The molecule has 0 spiro atoms. The number of carbonyl (C=O) groups excluding carboxylic acids is 1. The molecule has 2 aromatic carbocycles. The monoisotopic (exact) mass is 461 g/mol. The second-order valence-electron chi connectivity index (χ2n) is 7.56. The molecule has 0 radical (unpaired) electrons. The highest BCUT2D eigenvalue weighted by molar-refractivity contribution is 8.04. The van der Waals surface area contributed by atoms with Crippen LogP contribution in [-0.2, 0) is 4.79 Å². The Balaban J connectivity index is 1.59. The zero-order valence-electron chi connectivity index (χ0n) is 16.9. The van der Waals surface area contributed by atoms with Crippen LogP contribution in [0.15, 0.2) is 53.4 Å². The molecule has 2 fully saturated rings. The molecule has 30 heavy (non-hydrogen) atoms. The minimum absolute atomic E-state index is 0.0423. The minimum atomic E-state index is -0.580. The molecule has 1 unspecified atom stereocenters. The van der Waals surface area contributed by atoms with E-state index in [9.17, 15) is 4.79 Å². The zero-order valence-corrected chi connectivity index (χ0v) is 19.3. The molecule has 2 heterocycles. The van der Waals surface area contributed by atoms with E-state index in [1.807, 2.05) is 30.3 Å². The summed E-state index contributed by atoms with van der Waals surface area (Å²) >= 11 is 14.6. The number of para-hydroxylation sites is 1. The first-order valence-corrected chi connectivity index (χ1v) is 11.9. The molecule has 4 rings (SSSR count). The summed E-state index contributed by atoms with van der Waals surface area (Å²) < 4.78 is 0. The topological polar surface area (TPSA) is 26.8 Å². The Kier molecular flexibility index (Phi) is 6.94. The number of amides is 1. The first kappa shape index (κ1) is 21.6. The third-order valence-electron chi connectivity index (χ3n) is 5.56. The van der Waals surface area contributed by atoms with Gasteiger partial charge in [0.05, 0.1) is 4.91 Å². The van der Waals surface area contributed by atoms with Crippen LogP contribution in [0, 0.1) is 0 Å². The highest BCUT2D eigenvalue weighted by atomic mass is 35.5. The van der Waals surface area contributed by atoms with E-state index in [4.69, 9.17) is 23.2 Å². The standard InChI is InChI=1S/C23H25Cl2N3OS/c1-26-10-12-27(13-11-26)20-9-5-2-6-17(20)16-21-23(29)28(14-15-30-21)22(25)18-7-3-4-8-19(18)24/h2-9,16,22H,10-15H2,1H3. The van der Waals surface area contributed by atoms with Crippen LogP contribution in [0.25, 0.3) is 6.08 Å². The zero-order chi connectivity index (χ0) is 21.1. The molecular weight excluding hydrogens is 437 g/mol. The fourth-order valence-corrected chi connectivity index (χ4v) is 5.43. The number of alkyl halides is 1. The van der Waals surface area contributed by atoms with Crippen LogP contribution in [0.2, 0.25) is 5.02 Å². The van der Waals surface area contributed by atoms with Gasteiger partial charge in [-0.1, -0.05) is 59.6 Å². The lowest BCUT2D eigenvalue weighted by Crippen LogP contribution is -2.44. The Hall–Kier alpha value is -1.66. The number of halogens is 2. The Labute approximate surface area is 192 Å². The smallest absolute Gasteiger partial charge is 0.261 e. The highest BCUT2D eigenvalue weighted by Crippen LogP contribution is 2.37. The van der Waals surface area contributed by atoms with Crippen molar-refractivity contribution < 1.29 is 4.79 Å². The quantitative estimate of drug-likeness (QED) is 0.365. The van der Waals surface area contributed by atoms with Crippen LogP contribution in [-0.4, -0.2) is 61.2 Å². The molecule has 0 N–H and O–H groups in total. The van der Waals surface area contributed by atoms with Crippen molar-refractivity contribution >= 4 is 52.6 Å². The van der Waals surface area contributed by atoms with E-state index < -0.39 is 5.50 Å². The summed E-state index contributed by atoms with van der Waals surface area (Å²) in [6.07, 6.45) is 2.02. The molecule has 0 bridgehead atoms. The SMILES string of the molecule is CN1CCN(c2ccccc2C=C2SCCN(C(Cl)c3ccccc3Cl)C2=O)CC1. The van der Waals surface area contributed by atoms with Crippen LogP contribution in [0.4, 0.5) is 5.69 Å². The third kappa shape index (κ3) is 4.65. The van der Waals surface area contributed by atoms with Crippen molar-refractivity contribution in [1.82, 2.24) is 9.80 Å². The van der Waals surface area contributed by atoms with Gasteiger partial charge in [0.2, 0.25) is 0 Å². The summed E-state index contributed by atoms with van der Waals surface area (Å²) in [5.74, 6) is 0.765. The van der Waals surface area contributed by atoms with Gasteiger partial charge in [-0.2, -0.15) is 0 Å². The van der Waals surface area contributed by atoms with Crippen molar-refractivity contribution in [3.05, 3.63) is 69.6 Å². The number of carbonyl (C=O) groups is 1. The van der Waals surface area contributed by atoms with E-state index in [1.165, 1.54) is 5.69 Å². The average molecular weight is 462 g/mol. The fraction of sp³-hybridized carbons (Fsp3) is 0.348. The third-order valence-corrected chi connectivity index (χ3v) is 7.37. The second kappa shape index (κ2) is 9.65. The van der Waals surface area contributed by atoms with Gasteiger partial charge in [0.15, 0.2) is 0 Å². The van der Waals surface area contributed by atoms with Crippen LogP contribution in [0.3, 0.4) is 0 Å². The van der Waals surface area contributed by atoms with Crippen molar-refractivity contribution in [2.24, 2.45) is 0 Å². The number of nitrogens with zero attached hydrogens (tertiary/aromatic N) is 3. The number of rotatable bonds is 4. The van der Waals surface area contributed by atoms with Gasteiger partial charge in [0.25, 0.3) is 5.91 Å². The molecule has 158 valence electrons. The maximum atomic E-state index is 13.3. The lowest BCUT2D eigenvalue weighted by Gasteiger charge is -2.35. The van der Waals surface area contributed by atoms with E-state index in [2.05, 4.69) is 35.0 Å². The van der Waals surface area contributed by atoms with E-state index in [-0.39, 0.29) is 5.91 Å². The molecule has 2 aliphatic rings. The first-order chi connectivity index (χ1) is 14.5. The number of likely N-dealkylation sites (N-methyl/N-ethyl adjacent to an activating group) is 1. The predicted octanol–water partition coefficient (Wildman–Crippen LogP) is 4.95. The van der Waals surface area contributed by atoms with Gasteiger partial charge in [0, 0.05) is 54.8 Å². The van der Waals surface area contributed by atoms with Gasteiger partial charge < -0.3 is 14.7 Å². The van der Waals surface area contributed by atoms with E-state index in [0.717, 1.165) is 48.0 Å². The number of piperazine rings is 1. The fourth-order valence-electron chi connectivity index (χ4n) is 3.80. The Morgan fingerprint density at radius 3 is 2.47 bits per heavy atom. The van der Waals surface area contributed by atoms with Crippen molar-refractivity contribution in [1.29, 1.82) is 0 Å². The highest BCUT2D eigenvalue weighted by Gasteiger charge is 2.31. The Morgan fingerprint density at radius 1 is 1.00 bits per heavy atom. The number of anilines is 1. The Morgan fingerprint density at radius 2 is 1.70 bits per heavy atom. The molecule has 0 saturated carbocycles. The van der Waals surface area contributed by atoms with Gasteiger partial charge in [-0.15, -0.1) is 11.8 Å². The molecule has 1 amide bonds. The van der Waals surface area contributed by atoms with Crippen molar-refractivity contribution in [3.8, 4) is 0 Å². The largest absolute Gasteiger partial charge is 0.368 e. The van der Waals surface area contributed by atoms with E-state index in [0.29, 0.717) is 11.6 Å². The van der Waals surface area contributed by atoms with E-state index in [1.54, 1.807) is 22.7 Å². The molecule has 1 atom stereocenters. The summed E-state index contributed by atoms with van der Waals surface area (Å²) in [6, 6.07) is 15.7. The Bertz CT molecular complexity index is 944. The van der Waals surface area contributed by atoms with Crippen LogP contribution in [0.5, 0.6) is 0 Å². The lowest BCUT2D eigenvalue weighted by molar-refractivity contribution is -0.127. The molecule has 4 nitrogen and oxygen atoms in total. The number of thioether (sulfide) groups is 1. The maximum absolute atomic E-state index is 13.3. The number of hydrogen-bond acceptors (Lipinski definition) is 4. The molecule has 0 aromatic heterocycles. The minimum Gasteiger partial charge on any atom is -0.368 e. The van der Waals surface area contributed by atoms with Crippen molar-refractivity contribution in [3.63, 3.8) is 0 Å². The predicted molar refractivity (Wildman–Crippen MR) is 128 cm³/mol. The summed E-state index contributed by atoms with van der Waals surface area (Å²) in [6.45, 7) is 4.65. The van der Waals surface area contributed by atoms with Crippen LogP contribution < -0.4 is 4.90 Å². The summed E-state index contributed by atoms with van der Waals surface area (Å²) in [4.78, 5) is 20.4. The second-order valence-corrected chi connectivity index (χ2v) is 9.52. The maximum Gasteiger partial charge on any atom is 0.261 e. The number of benzene rings is 2. The molecule has 2 aliphatic heterocycles. The van der Waals surface area contributed by atoms with E-state index >= 15 is 0 Å². The van der Waals surface area contributed by atoms with Crippen molar-refractivity contribution in [2.75, 3.05) is 50.4 Å².